The highest BCUT2D eigenvalue weighted by atomic mass is 35.5. The summed E-state index contributed by atoms with van der Waals surface area (Å²) < 4.78 is 19.1. The zero-order valence-electron chi connectivity index (χ0n) is 15.2. The van der Waals surface area contributed by atoms with Gasteiger partial charge < -0.3 is 10.1 Å². The highest BCUT2D eigenvalue weighted by molar-refractivity contribution is 6.31. The van der Waals surface area contributed by atoms with Crippen LogP contribution in [0.15, 0.2) is 78.4 Å². The SMILES string of the molecule is N#C/C(=C\c1ccccc1OCc1cccc(F)c1)C(=O)Nc1cccc(Cl)c1. The molecule has 0 spiro atoms. The Morgan fingerprint density at radius 2 is 1.90 bits per heavy atom. The molecular weight excluding hydrogens is 391 g/mol. The standard InChI is InChI=1S/C23H16ClFN2O2/c24-19-7-4-9-21(13-19)27-23(28)18(14-26)12-17-6-1-2-10-22(17)29-15-16-5-3-8-20(25)11-16/h1-13H,15H2,(H,27,28)/b18-12+. The molecule has 0 aliphatic heterocycles. The molecule has 0 saturated heterocycles. The lowest BCUT2D eigenvalue weighted by Gasteiger charge is -2.10. The predicted molar refractivity (Wildman–Crippen MR) is 111 cm³/mol. The Labute approximate surface area is 172 Å². The van der Waals surface area contributed by atoms with Gasteiger partial charge in [0.25, 0.3) is 5.91 Å². The van der Waals surface area contributed by atoms with Crippen molar-refractivity contribution in [2.24, 2.45) is 0 Å². The van der Waals surface area contributed by atoms with E-state index in [2.05, 4.69) is 5.32 Å². The minimum atomic E-state index is -0.560. The molecule has 1 amide bonds. The number of benzene rings is 3. The molecule has 3 aromatic carbocycles. The van der Waals surface area contributed by atoms with Gasteiger partial charge in [0.1, 0.15) is 29.8 Å². The molecular formula is C23H16ClFN2O2. The summed E-state index contributed by atoms with van der Waals surface area (Å²) in [6.45, 7) is 0.152. The van der Waals surface area contributed by atoms with Crippen molar-refractivity contribution < 1.29 is 13.9 Å². The second kappa shape index (κ2) is 9.54. The molecule has 0 atom stereocenters. The molecule has 0 heterocycles. The van der Waals surface area contributed by atoms with Gasteiger partial charge in [0.05, 0.1) is 0 Å². The van der Waals surface area contributed by atoms with E-state index in [0.717, 1.165) is 0 Å². The van der Waals surface area contributed by atoms with Crippen LogP contribution in [0.2, 0.25) is 5.02 Å². The molecule has 0 aliphatic rings. The monoisotopic (exact) mass is 406 g/mol. The molecule has 0 fully saturated rings. The van der Waals surface area contributed by atoms with Gasteiger partial charge in [-0.05, 0) is 48.0 Å². The summed E-state index contributed by atoms with van der Waals surface area (Å²) in [4.78, 5) is 12.5. The summed E-state index contributed by atoms with van der Waals surface area (Å²) in [5.41, 5.74) is 1.62. The third-order valence-electron chi connectivity index (χ3n) is 3.95. The molecule has 0 aliphatic carbocycles. The Morgan fingerprint density at radius 1 is 1.10 bits per heavy atom. The van der Waals surface area contributed by atoms with Crippen LogP contribution in [0.5, 0.6) is 5.75 Å². The topological polar surface area (TPSA) is 62.1 Å². The first-order valence-corrected chi connectivity index (χ1v) is 9.08. The van der Waals surface area contributed by atoms with Crippen molar-refractivity contribution in [1.82, 2.24) is 0 Å². The van der Waals surface area contributed by atoms with Crippen LogP contribution < -0.4 is 10.1 Å². The zero-order valence-corrected chi connectivity index (χ0v) is 16.0. The van der Waals surface area contributed by atoms with E-state index >= 15 is 0 Å². The number of ether oxygens (including phenoxy) is 1. The molecule has 4 nitrogen and oxygen atoms in total. The largest absolute Gasteiger partial charge is 0.488 e. The average molecular weight is 407 g/mol. The van der Waals surface area contributed by atoms with E-state index in [1.165, 1.54) is 18.2 Å². The van der Waals surface area contributed by atoms with Crippen molar-refractivity contribution in [1.29, 1.82) is 5.26 Å². The van der Waals surface area contributed by atoms with Crippen molar-refractivity contribution in [2.75, 3.05) is 5.32 Å². The lowest BCUT2D eigenvalue weighted by molar-refractivity contribution is -0.112. The fourth-order valence-electron chi connectivity index (χ4n) is 2.59. The second-order valence-electron chi connectivity index (χ2n) is 6.09. The number of para-hydroxylation sites is 1. The van der Waals surface area contributed by atoms with Gasteiger partial charge >= 0.3 is 0 Å². The Morgan fingerprint density at radius 3 is 2.66 bits per heavy atom. The minimum Gasteiger partial charge on any atom is -0.488 e. The van der Waals surface area contributed by atoms with E-state index in [1.807, 2.05) is 6.07 Å². The Balaban J connectivity index is 1.78. The molecule has 0 saturated carbocycles. The Hall–Kier alpha value is -3.62. The summed E-state index contributed by atoms with van der Waals surface area (Å²) in [7, 11) is 0. The number of hydrogen-bond donors (Lipinski definition) is 1. The van der Waals surface area contributed by atoms with Crippen LogP contribution in [0.1, 0.15) is 11.1 Å². The number of carbonyl (C=O) groups is 1. The summed E-state index contributed by atoms with van der Waals surface area (Å²) in [6.07, 6.45) is 1.45. The van der Waals surface area contributed by atoms with E-state index in [4.69, 9.17) is 16.3 Å². The van der Waals surface area contributed by atoms with Crippen LogP contribution in [0.3, 0.4) is 0 Å². The van der Waals surface area contributed by atoms with Gasteiger partial charge in [-0.1, -0.05) is 48.0 Å². The van der Waals surface area contributed by atoms with Gasteiger partial charge in [-0.3, -0.25) is 4.79 Å². The summed E-state index contributed by atoms with van der Waals surface area (Å²) in [6, 6.07) is 21.6. The number of anilines is 1. The Bertz CT molecular complexity index is 1110. The third-order valence-corrected chi connectivity index (χ3v) is 4.18. The van der Waals surface area contributed by atoms with E-state index in [1.54, 1.807) is 60.7 Å². The van der Waals surface area contributed by atoms with E-state index in [0.29, 0.717) is 27.6 Å². The van der Waals surface area contributed by atoms with Gasteiger partial charge in [0, 0.05) is 16.3 Å². The predicted octanol–water partition coefficient (Wildman–Crippen LogP) is 5.60. The molecule has 0 bridgehead atoms. The van der Waals surface area contributed by atoms with Crippen molar-refractivity contribution in [3.05, 3.63) is 100 Å². The lowest BCUT2D eigenvalue weighted by Crippen LogP contribution is -2.13. The van der Waals surface area contributed by atoms with Crippen LogP contribution in [-0.2, 0) is 11.4 Å². The van der Waals surface area contributed by atoms with Crippen LogP contribution in [-0.4, -0.2) is 5.91 Å². The first-order chi connectivity index (χ1) is 14.0. The maximum atomic E-state index is 13.3. The lowest BCUT2D eigenvalue weighted by atomic mass is 10.1. The molecule has 0 radical (unpaired) electrons. The van der Waals surface area contributed by atoms with E-state index in [-0.39, 0.29) is 18.0 Å². The smallest absolute Gasteiger partial charge is 0.266 e. The number of halogens is 2. The molecule has 0 aromatic heterocycles. The number of hydrogen-bond acceptors (Lipinski definition) is 3. The van der Waals surface area contributed by atoms with Gasteiger partial charge in [-0.25, -0.2) is 4.39 Å². The number of nitrogens with zero attached hydrogens (tertiary/aromatic N) is 1. The molecule has 1 N–H and O–H groups in total. The highest BCUT2D eigenvalue weighted by Crippen LogP contribution is 2.23. The maximum absolute atomic E-state index is 13.3. The van der Waals surface area contributed by atoms with E-state index in [9.17, 15) is 14.4 Å². The average Bonchev–Trinajstić information content (AvgIpc) is 2.71. The van der Waals surface area contributed by atoms with Crippen LogP contribution in [0, 0.1) is 17.1 Å². The van der Waals surface area contributed by atoms with Crippen molar-refractivity contribution in [3.63, 3.8) is 0 Å². The molecule has 0 unspecified atom stereocenters. The van der Waals surface area contributed by atoms with Crippen LogP contribution >= 0.6 is 11.6 Å². The molecule has 3 rings (SSSR count). The quantitative estimate of drug-likeness (QED) is 0.428. The maximum Gasteiger partial charge on any atom is 0.266 e. The van der Waals surface area contributed by atoms with Gasteiger partial charge in [-0.2, -0.15) is 5.26 Å². The first kappa shape index (κ1) is 20.1. The third kappa shape index (κ3) is 5.68. The number of amides is 1. The minimum absolute atomic E-state index is 0.0909. The Kier molecular flexibility index (Phi) is 6.62. The second-order valence-corrected chi connectivity index (χ2v) is 6.53. The highest BCUT2D eigenvalue weighted by Gasteiger charge is 2.12. The van der Waals surface area contributed by atoms with Crippen LogP contribution in [0.25, 0.3) is 6.08 Å². The van der Waals surface area contributed by atoms with Crippen molar-refractivity contribution >= 4 is 29.3 Å². The summed E-state index contributed by atoms with van der Waals surface area (Å²) >= 11 is 5.92. The molecule has 29 heavy (non-hydrogen) atoms. The number of rotatable bonds is 6. The fraction of sp³-hybridized carbons (Fsp3) is 0.0435. The summed E-state index contributed by atoms with van der Waals surface area (Å²) in [5, 5.41) is 12.5. The summed E-state index contributed by atoms with van der Waals surface area (Å²) in [5.74, 6) is -0.432. The zero-order chi connectivity index (χ0) is 20.6. The van der Waals surface area contributed by atoms with Crippen molar-refractivity contribution in [2.45, 2.75) is 6.61 Å². The number of nitrogens with one attached hydrogen (secondary N) is 1. The normalized spacial score (nSPS) is 10.9. The number of carbonyl (C=O) groups excluding carboxylic acids is 1. The van der Waals surface area contributed by atoms with Gasteiger partial charge in [0.15, 0.2) is 0 Å². The number of nitriles is 1. The van der Waals surface area contributed by atoms with Gasteiger partial charge in [-0.15, -0.1) is 0 Å². The van der Waals surface area contributed by atoms with Crippen molar-refractivity contribution in [3.8, 4) is 11.8 Å². The molecule has 6 heteroatoms. The van der Waals surface area contributed by atoms with E-state index < -0.39 is 5.91 Å². The molecule has 3 aromatic rings. The first-order valence-electron chi connectivity index (χ1n) is 8.70. The fourth-order valence-corrected chi connectivity index (χ4v) is 2.78. The van der Waals surface area contributed by atoms with Gasteiger partial charge in [0.2, 0.25) is 0 Å². The van der Waals surface area contributed by atoms with Crippen LogP contribution in [0.4, 0.5) is 10.1 Å². The molecule has 144 valence electrons.